The number of hydrogen-bond donors (Lipinski definition) is 0. The van der Waals surface area contributed by atoms with Crippen molar-refractivity contribution in [3.8, 4) is 11.5 Å². The largest absolute Gasteiger partial charge is 0.467 e. The molecule has 0 aliphatic heterocycles. The summed E-state index contributed by atoms with van der Waals surface area (Å²) in [7, 11) is -0.548. The first-order valence-electron chi connectivity index (χ1n) is 14.7. The van der Waals surface area contributed by atoms with Crippen molar-refractivity contribution in [2.45, 2.75) is 103 Å². The topological polar surface area (TPSA) is 46.2 Å². The second-order valence-electron chi connectivity index (χ2n) is 13.6. The molecule has 7 heteroatoms. The van der Waals surface area contributed by atoms with Gasteiger partial charge in [-0.3, -0.25) is 0 Å². The first-order valence-corrected chi connectivity index (χ1v) is 22.1. The van der Waals surface area contributed by atoms with Gasteiger partial charge in [-0.05, 0) is 68.0 Å². The number of rotatable bonds is 17. The first kappa shape index (κ1) is 33.8. The Labute approximate surface area is 241 Å². The van der Waals surface area contributed by atoms with Crippen LogP contribution in [0.2, 0.25) is 51.4 Å². The zero-order chi connectivity index (χ0) is 29.2. The highest BCUT2D eigenvalue weighted by atomic mass is 28.3. The van der Waals surface area contributed by atoms with E-state index in [1.807, 2.05) is 0 Å². The third-order valence-corrected chi connectivity index (χ3v) is 10.8. The third kappa shape index (κ3) is 11.6. The minimum absolute atomic E-state index is 0.0681. The number of benzene rings is 1. The molecule has 2 rings (SSSR count). The maximum Gasteiger partial charge on any atom is 0.189 e. The van der Waals surface area contributed by atoms with Crippen LogP contribution in [0.25, 0.3) is 0 Å². The maximum absolute atomic E-state index is 6.41. The Balaban J connectivity index is 2.44. The summed E-state index contributed by atoms with van der Waals surface area (Å²) in [6.07, 6.45) is 5.29. The fourth-order valence-electron chi connectivity index (χ4n) is 4.88. The van der Waals surface area contributed by atoms with Gasteiger partial charge in [-0.1, -0.05) is 70.9 Å². The van der Waals surface area contributed by atoms with Crippen molar-refractivity contribution < 1.29 is 23.7 Å². The molecule has 0 amide bonds. The molecular weight excluding hydrogens is 521 g/mol. The fourth-order valence-corrected chi connectivity index (χ4v) is 6.40. The minimum Gasteiger partial charge on any atom is -0.467 e. The smallest absolute Gasteiger partial charge is 0.189 e. The van der Waals surface area contributed by atoms with Crippen molar-refractivity contribution in [1.82, 2.24) is 0 Å². The van der Waals surface area contributed by atoms with Crippen molar-refractivity contribution in [2.24, 2.45) is 5.92 Å². The molecule has 5 nitrogen and oxygen atoms in total. The molecule has 0 spiro atoms. The van der Waals surface area contributed by atoms with Gasteiger partial charge in [-0.25, -0.2) is 0 Å². The van der Waals surface area contributed by atoms with Gasteiger partial charge in [0.2, 0.25) is 0 Å². The van der Waals surface area contributed by atoms with Gasteiger partial charge in [0.1, 0.15) is 11.5 Å². The number of ether oxygens (including phenoxy) is 5. The zero-order valence-corrected chi connectivity index (χ0v) is 28.6. The van der Waals surface area contributed by atoms with Crippen LogP contribution in [0.3, 0.4) is 0 Å². The Bertz CT molecular complexity index is 900. The lowest BCUT2D eigenvalue weighted by molar-refractivity contribution is 0.0159. The molecule has 0 fully saturated rings. The predicted molar refractivity (Wildman–Crippen MR) is 170 cm³/mol. The Hall–Kier alpha value is -1.39. The van der Waals surface area contributed by atoms with E-state index in [4.69, 9.17) is 23.7 Å². The Morgan fingerprint density at radius 2 is 1.44 bits per heavy atom. The lowest BCUT2D eigenvalue weighted by atomic mass is 9.72. The highest BCUT2D eigenvalue weighted by molar-refractivity contribution is 6.76. The van der Waals surface area contributed by atoms with Crippen molar-refractivity contribution >= 4 is 16.1 Å². The molecule has 0 radical (unpaired) electrons. The fraction of sp³-hybridized carbons (Fsp3) is 0.688. The highest BCUT2D eigenvalue weighted by Crippen LogP contribution is 2.48. The first-order chi connectivity index (χ1) is 18.3. The number of allylic oxidation sites excluding steroid dienone is 2. The number of aryl methyl sites for hydroxylation is 1. The van der Waals surface area contributed by atoms with Crippen LogP contribution >= 0.6 is 0 Å². The Morgan fingerprint density at radius 1 is 0.923 bits per heavy atom. The summed E-state index contributed by atoms with van der Waals surface area (Å²) in [6.45, 7) is 26.9. The molecule has 1 aromatic rings. The zero-order valence-electron chi connectivity index (χ0n) is 26.6. The van der Waals surface area contributed by atoms with E-state index in [0.717, 1.165) is 67.2 Å². The van der Waals surface area contributed by atoms with E-state index in [9.17, 15) is 0 Å². The van der Waals surface area contributed by atoms with Crippen molar-refractivity contribution in [3.63, 3.8) is 0 Å². The number of hydrogen-bond acceptors (Lipinski definition) is 5. The predicted octanol–water partition coefficient (Wildman–Crippen LogP) is 8.66. The van der Waals surface area contributed by atoms with Crippen LogP contribution in [0.4, 0.5) is 0 Å². The van der Waals surface area contributed by atoms with Gasteiger partial charge in [0.15, 0.2) is 13.6 Å². The summed E-state index contributed by atoms with van der Waals surface area (Å²) in [5, 5.41) is 0. The molecule has 1 aliphatic carbocycles. The second kappa shape index (κ2) is 15.6. The molecule has 0 saturated carbocycles. The summed E-state index contributed by atoms with van der Waals surface area (Å²) >= 11 is 0. The van der Waals surface area contributed by atoms with E-state index >= 15 is 0 Å². The van der Waals surface area contributed by atoms with Crippen LogP contribution in [0.15, 0.2) is 35.9 Å². The normalized spacial score (nSPS) is 20.1. The van der Waals surface area contributed by atoms with Crippen LogP contribution in [-0.2, 0) is 20.6 Å². The second-order valence-corrected chi connectivity index (χ2v) is 24.8. The summed E-state index contributed by atoms with van der Waals surface area (Å²) in [5.74, 6) is 1.95. The lowest BCUT2D eigenvalue weighted by Crippen LogP contribution is -2.28. The third-order valence-electron chi connectivity index (χ3n) is 7.39. The molecular formula is C32H56O5Si2. The molecule has 0 bridgehead atoms. The molecule has 0 unspecified atom stereocenters. The van der Waals surface area contributed by atoms with Crippen molar-refractivity contribution in [3.05, 3.63) is 47.1 Å². The lowest BCUT2D eigenvalue weighted by Gasteiger charge is -2.36. The molecule has 0 N–H and O–H groups in total. The quantitative estimate of drug-likeness (QED) is 0.0803. The van der Waals surface area contributed by atoms with E-state index in [1.54, 1.807) is 7.11 Å². The number of methoxy groups -OCH3 is 1. The molecule has 222 valence electrons. The van der Waals surface area contributed by atoms with Gasteiger partial charge in [0, 0.05) is 48.0 Å². The van der Waals surface area contributed by atoms with Crippen LogP contribution in [-0.4, -0.2) is 56.2 Å². The van der Waals surface area contributed by atoms with Crippen LogP contribution in [0, 0.1) is 5.92 Å². The van der Waals surface area contributed by atoms with Gasteiger partial charge in [-0.2, -0.15) is 0 Å². The van der Waals surface area contributed by atoms with Crippen LogP contribution in [0.1, 0.15) is 50.7 Å². The van der Waals surface area contributed by atoms with Crippen LogP contribution < -0.4 is 9.47 Å². The highest BCUT2D eigenvalue weighted by Gasteiger charge is 2.35. The standard InChI is InChI=1S/C32H56O5Si2/c1-12-13-26-19-30(36-22-34-14-16-38(6,7)8)32(31(20-26)37-23-35-15-17-39(9,10)11)28-18-25(4)29(33-5)21-27(28)24(2)3/h18-20,27-29H,2,12-17,21-23H2,1,3-11H3/t27-,28+,29-/m0/s1. The molecule has 1 aromatic carbocycles. The van der Waals surface area contributed by atoms with Crippen molar-refractivity contribution in [1.29, 1.82) is 0 Å². The Morgan fingerprint density at radius 3 is 1.85 bits per heavy atom. The van der Waals surface area contributed by atoms with Crippen LogP contribution in [0.5, 0.6) is 11.5 Å². The summed E-state index contributed by atoms with van der Waals surface area (Å²) in [5.41, 5.74) is 4.62. The molecule has 0 heterocycles. The molecule has 0 aromatic heterocycles. The van der Waals surface area contributed by atoms with Gasteiger partial charge < -0.3 is 23.7 Å². The minimum atomic E-state index is -1.17. The average Bonchev–Trinajstić information content (AvgIpc) is 2.82. The molecule has 0 saturated heterocycles. The summed E-state index contributed by atoms with van der Waals surface area (Å²) in [6, 6.07) is 6.59. The van der Waals surface area contributed by atoms with Gasteiger partial charge in [0.05, 0.1) is 6.10 Å². The van der Waals surface area contributed by atoms with E-state index in [0.29, 0.717) is 0 Å². The van der Waals surface area contributed by atoms with Crippen molar-refractivity contribution in [2.75, 3.05) is 33.9 Å². The Kier molecular flexibility index (Phi) is 13.5. The summed E-state index contributed by atoms with van der Waals surface area (Å²) in [4.78, 5) is 0. The van der Waals surface area contributed by atoms with E-state index in [1.165, 1.54) is 11.1 Å². The average molecular weight is 577 g/mol. The molecule has 3 atom stereocenters. The van der Waals surface area contributed by atoms with E-state index in [2.05, 4.69) is 84.8 Å². The molecule has 1 aliphatic rings. The maximum atomic E-state index is 6.41. The van der Waals surface area contributed by atoms with E-state index in [-0.39, 0.29) is 31.5 Å². The monoisotopic (exact) mass is 576 g/mol. The van der Waals surface area contributed by atoms with Gasteiger partial charge in [-0.15, -0.1) is 0 Å². The van der Waals surface area contributed by atoms with Gasteiger partial charge in [0.25, 0.3) is 0 Å². The summed E-state index contributed by atoms with van der Waals surface area (Å²) < 4.78 is 30.6. The SMILES string of the molecule is C=C(C)[C@@H]1C[C@H](OC)C(C)=C[C@H]1c1c(OCOCC[Si](C)(C)C)cc(CCC)cc1OCOCC[Si](C)(C)C. The van der Waals surface area contributed by atoms with Gasteiger partial charge >= 0.3 is 0 Å². The molecule has 39 heavy (non-hydrogen) atoms. The van der Waals surface area contributed by atoms with E-state index < -0.39 is 16.1 Å².